The number of nitrogens with two attached hydrogens (primary N) is 1. The Morgan fingerprint density at radius 2 is 2.16 bits per heavy atom. The van der Waals surface area contributed by atoms with Crippen LogP contribution in [0.15, 0.2) is 23.1 Å². The van der Waals surface area contributed by atoms with Gasteiger partial charge in [0.2, 0.25) is 15.9 Å². The van der Waals surface area contributed by atoms with Crippen molar-refractivity contribution in [2.75, 3.05) is 26.7 Å². The highest BCUT2D eigenvalue weighted by molar-refractivity contribution is 7.89. The van der Waals surface area contributed by atoms with Gasteiger partial charge < -0.3 is 15.8 Å². The van der Waals surface area contributed by atoms with Gasteiger partial charge in [0, 0.05) is 31.6 Å². The summed E-state index contributed by atoms with van der Waals surface area (Å²) in [6.45, 7) is 5.32. The SMILES string of the molecule is CCC(=O)NCc1cc(S(=O)(=O)N2CCC(C)(CN)C2)ccc1OC. The summed E-state index contributed by atoms with van der Waals surface area (Å²) in [5, 5.41) is 2.75. The van der Waals surface area contributed by atoms with E-state index in [0.29, 0.717) is 37.4 Å². The molecule has 0 aliphatic carbocycles. The summed E-state index contributed by atoms with van der Waals surface area (Å²) in [5.74, 6) is 0.442. The lowest BCUT2D eigenvalue weighted by molar-refractivity contribution is -0.120. The number of rotatable bonds is 7. The lowest BCUT2D eigenvalue weighted by Gasteiger charge is -2.22. The van der Waals surface area contributed by atoms with Gasteiger partial charge in [-0.2, -0.15) is 4.31 Å². The molecule has 0 spiro atoms. The minimum absolute atomic E-state index is 0.103. The van der Waals surface area contributed by atoms with Crippen molar-refractivity contribution < 1.29 is 17.9 Å². The molecule has 1 saturated heterocycles. The minimum Gasteiger partial charge on any atom is -0.496 e. The molecule has 0 radical (unpaired) electrons. The molecule has 1 aromatic rings. The van der Waals surface area contributed by atoms with Crippen LogP contribution in [0.1, 0.15) is 32.3 Å². The number of hydrogen-bond donors (Lipinski definition) is 2. The van der Waals surface area contributed by atoms with E-state index in [0.717, 1.165) is 6.42 Å². The van der Waals surface area contributed by atoms with Crippen LogP contribution in [0, 0.1) is 5.41 Å². The minimum atomic E-state index is -3.60. The fraction of sp³-hybridized carbons (Fsp3) is 0.588. The van der Waals surface area contributed by atoms with Crippen molar-refractivity contribution in [3.8, 4) is 5.75 Å². The van der Waals surface area contributed by atoms with Gasteiger partial charge in [0.1, 0.15) is 5.75 Å². The Bertz CT molecular complexity index is 735. The van der Waals surface area contributed by atoms with Gasteiger partial charge in [-0.1, -0.05) is 13.8 Å². The molecule has 7 nitrogen and oxygen atoms in total. The molecular formula is C17H27N3O4S. The molecule has 1 amide bonds. The first kappa shape index (κ1) is 19.7. The normalized spacial score (nSPS) is 21.3. The summed E-state index contributed by atoms with van der Waals surface area (Å²) < 4.78 is 32.6. The predicted molar refractivity (Wildman–Crippen MR) is 95.7 cm³/mol. The Hall–Kier alpha value is -1.64. The molecule has 1 atom stereocenters. The second kappa shape index (κ2) is 7.72. The number of benzene rings is 1. The summed E-state index contributed by atoms with van der Waals surface area (Å²) in [6.07, 6.45) is 1.12. The van der Waals surface area contributed by atoms with E-state index in [9.17, 15) is 13.2 Å². The van der Waals surface area contributed by atoms with Gasteiger partial charge in [-0.25, -0.2) is 8.42 Å². The van der Waals surface area contributed by atoms with Gasteiger partial charge in [0.25, 0.3) is 0 Å². The molecule has 1 aliphatic rings. The Balaban J connectivity index is 2.27. The van der Waals surface area contributed by atoms with Gasteiger partial charge in [-0.05, 0) is 36.6 Å². The van der Waals surface area contributed by atoms with Crippen molar-refractivity contribution in [3.05, 3.63) is 23.8 Å². The van der Waals surface area contributed by atoms with Crippen LogP contribution < -0.4 is 15.8 Å². The molecule has 8 heteroatoms. The van der Waals surface area contributed by atoms with Crippen molar-refractivity contribution >= 4 is 15.9 Å². The Morgan fingerprint density at radius 3 is 2.72 bits per heavy atom. The molecule has 1 aromatic carbocycles. The highest BCUT2D eigenvalue weighted by Crippen LogP contribution is 2.33. The van der Waals surface area contributed by atoms with E-state index >= 15 is 0 Å². The molecule has 3 N–H and O–H groups in total. The van der Waals surface area contributed by atoms with Crippen LogP contribution in [0.2, 0.25) is 0 Å². The third-order valence-corrected chi connectivity index (χ3v) is 6.54. The summed E-state index contributed by atoms with van der Waals surface area (Å²) in [5.41, 5.74) is 6.22. The monoisotopic (exact) mass is 369 g/mol. The van der Waals surface area contributed by atoms with E-state index in [1.807, 2.05) is 6.92 Å². The molecule has 1 heterocycles. The maximum atomic E-state index is 12.9. The number of amides is 1. The van der Waals surface area contributed by atoms with Crippen LogP contribution in [0.5, 0.6) is 5.75 Å². The van der Waals surface area contributed by atoms with Crippen LogP contribution in [0.4, 0.5) is 0 Å². The van der Waals surface area contributed by atoms with Gasteiger partial charge in [-0.15, -0.1) is 0 Å². The first-order valence-corrected chi connectivity index (χ1v) is 9.83. The van der Waals surface area contributed by atoms with Gasteiger partial charge in [0.15, 0.2) is 0 Å². The third kappa shape index (κ3) is 4.31. The number of carbonyl (C=O) groups excluding carboxylic acids is 1. The first-order valence-electron chi connectivity index (χ1n) is 8.39. The van der Waals surface area contributed by atoms with E-state index in [1.54, 1.807) is 19.1 Å². The zero-order valence-electron chi connectivity index (χ0n) is 15.0. The van der Waals surface area contributed by atoms with E-state index < -0.39 is 10.0 Å². The summed E-state index contributed by atoms with van der Waals surface area (Å²) in [4.78, 5) is 11.7. The zero-order chi connectivity index (χ0) is 18.7. The van der Waals surface area contributed by atoms with Crippen molar-refractivity contribution in [1.29, 1.82) is 0 Å². The average molecular weight is 369 g/mol. The molecule has 1 aliphatic heterocycles. The first-order chi connectivity index (χ1) is 11.8. The maximum Gasteiger partial charge on any atom is 0.243 e. The highest BCUT2D eigenvalue weighted by Gasteiger charge is 2.39. The highest BCUT2D eigenvalue weighted by atomic mass is 32.2. The van der Waals surface area contributed by atoms with Crippen LogP contribution in [-0.2, 0) is 21.4 Å². The fourth-order valence-electron chi connectivity index (χ4n) is 2.87. The van der Waals surface area contributed by atoms with Crippen LogP contribution in [-0.4, -0.2) is 45.4 Å². The smallest absolute Gasteiger partial charge is 0.243 e. The molecule has 0 aromatic heterocycles. The second-order valence-electron chi connectivity index (χ2n) is 6.71. The van der Waals surface area contributed by atoms with Gasteiger partial charge in [-0.3, -0.25) is 4.79 Å². The van der Waals surface area contributed by atoms with Crippen molar-refractivity contribution in [3.63, 3.8) is 0 Å². The second-order valence-corrected chi connectivity index (χ2v) is 8.65. The maximum absolute atomic E-state index is 12.9. The van der Waals surface area contributed by atoms with E-state index in [2.05, 4.69) is 5.32 Å². The number of hydrogen-bond acceptors (Lipinski definition) is 5. The Labute approximate surface area is 149 Å². The molecule has 2 rings (SSSR count). The van der Waals surface area contributed by atoms with Crippen molar-refractivity contribution in [1.82, 2.24) is 9.62 Å². The number of nitrogens with one attached hydrogen (secondary N) is 1. The Kier molecular flexibility index (Phi) is 6.08. The number of sulfonamides is 1. The molecule has 0 bridgehead atoms. The summed E-state index contributed by atoms with van der Waals surface area (Å²) in [6, 6.07) is 4.73. The van der Waals surface area contributed by atoms with E-state index in [4.69, 9.17) is 10.5 Å². The van der Waals surface area contributed by atoms with Crippen molar-refractivity contribution in [2.45, 2.75) is 38.1 Å². The standard InChI is InChI=1S/C17H27N3O4S/c1-4-16(21)19-10-13-9-14(5-6-15(13)24-3)25(22,23)20-8-7-17(2,11-18)12-20/h5-6,9H,4,7-8,10-12,18H2,1-3H3,(H,19,21). The average Bonchev–Trinajstić information content (AvgIpc) is 3.03. The van der Waals surface area contributed by atoms with Crippen LogP contribution >= 0.6 is 0 Å². The molecular weight excluding hydrogens is 342 g/mol. The lowest BCUT2D eigenvalue weighted by Crippen LogP contribution is -2.34. The van der Waals surface area contributed by atoms with Crippen LogP contribution in [0.3, 0.4) is 0 Å². The lowest BCUT2D eigenvalue weighted by atomic mass is 9.90. The number of methoxy groups -OCH3 is 1. The molecule has 1 fully saturated rings. The summed E-state index contributed by atoms with van der Waals surface area (Å²) in [7, 11) is -2.09. The van der Waals surface area contributed by atoms with Crippen LogP contribution in [0.25, 0.3) is 0 Å². The number of ether oxygens (including phenoxy) is 1. The molecule has 1 unspecified atom stereocenters. The van der Waals surface area contributed by atoms with Crippen molar-refractivity contribution in [2.24, 2.45) is 11.1 Å². The Morgan fingerprint density at radius 1 is 1.44 bits per heavy atom. The number of carbonyl (C=O) groups is 1. The molecule has 25 heavy (non-hydrogen) atoms. The largest absolute Gasteiger partial charge is 0.496 e. The van der Waals surface area contributed by atoms with Gasteiger partial charge in [0.05, 0.1) is 12.0 Å². The third-order valence-electron chi connectivity index (χ3n) is 4.70. The fourth-order valence-corrected chi connectivity index (χ4v) is 4.51. The van der Waals surface area contributed by atoms with Gasteiger partial charge >= 0.3 is 0 Å². The van der Waals surface area contributed by atoms with E-state index in [1.165, 1.54) is 17.5 Å². The zero-order valence-corrected chi connectivity index (χ0v) is 15.9. The topological polar surface area (TPSA) is 102 Å². The molecule has 0 saturated carbocycles. The molecule has 140 valence electrons. The summed E-state index contributed by atoms with van der Waals surface area (Å²) >= 11 is 0. The van der Waals surface area contributed by atoms with E-state index in [-0.39, 0.29) is 22.8 Å². The number of nitrogens with zero attached hydrogens (tertiary/aromatic N) is 1. The predicted octanol–water partition coefficient (Wildman–Crippen LogP) is 1.08. The quantitative estimate of drug-likeness (QED) is 0.749.